The number of carboxylic acids is 1. The summed E-state index contributed by atoms with van der Waals surface area (Å²) in [5.41, 5.74) is -1.22. The van der Waals surface area contributed by atoms with E-state index in [-0.39, 0.29) is 5.91 Å². The van der Waals surface area contributed by atoms with Crippen molar-refractivity contribution < 1.29 is 19.4 Å². The molecule has 0 radical (unpaired) electrons. The van der Waals surface area contributed by atoms with Crippen molar-refractivity contribution in [1.82, 2.24) is 4.90 Å². The normalized spacial score (nSPS) is 13.4. The monoisotopic (exact) mass is 217 g/mol. The van der Waals surface area contributed by atoms with Crippen LogP contribution in [0.4, 0.5) is 0 Å². The average molecular weight is 217 g/mol. The summed E-state index contributed by atoms with van der Waals surface area (Å²) < 4.78 is 4.97. The Bertz CT molecular complexity index is 246. The van der Waals surface area contributed by atoms with Gasteiger partial charge >= 0.3 is 5.97 Å². The highest BCUT2D eigenvalue weighted by molar-refractivity contribution is 5.88. The van der Waals surface area contributed by atoms with Crippen molar-refractivity contribution in [1.29, 1.82) is 0 Å². The fourth-order valence-electron chi connectivity index (χ4n) is 1.08. The number of likely N-dealkylation sites (N-methyl/N-ethyl adjacent to an activating group) is 1. The van der Waals surface area contributed by atoms with Gasteiger partial charge in [0.25, 0.3) is 5.91 Å². The third kappa shape index (κ3) is 2.92. The number of hydrogen-bond donors (Lipinski definition) is 1. The summed E-state index contributed by atoms with van der Waals surface area (Å²) in [7, 11) is 2.91. The first-order valence-corrected chi connectivity index (χ1v) is 4.82. The molecule has 0 saturated carbocycles. The largest absolute Gasteiger partial charge is 0.480 e. The van der Waals surface area contributed by atoms with Crippen LogP contribution in [0, 0.1) is 0 Å². The van der Waals surface area contributed by atoms with Gasteiger partial charge in [0.1, 0.15) is 11.6 Å². The van der Waals surface area contributed by atoms with Gasteiger partial charge in [0, 0.05) is 14.2 Å². The fraction of sp³-hybridized carbons (Fsp3) is 0.800. The van der Waals surface area contributed by atoms with Gasteiger partial charge in [-0.05, 0) is 20.3 Å². The van der Waals surface area contributed by atoms with Gasteiger partial charge in [-0.1, -0.05) is 6.92 Å². The Morgan fingerprint density at radius 3 is 2.20 bits per heavy atom. The number of aliphatic carboxylic acids is 1. The molecule has 1 amide bonds. The number of rotatable bonds is 5. The summed E-state index contributed by atoms with van der Waals surface area (Å²) in [6, 6.07) is 0. The van der Waals surface area contributed by atoms with E-state index in [1.165, 1.54) is 32.9 Å². The lowest BCUT2D eigenvalue weighted by Crippen LogP contribution is -2.53. The Labute approximate surface area is 90.0 Å². The number of amides is 1. The second-order valence-corrected chi connectivity index (χ2v) is 3.89. The van der Waals surface area contributed by atoms with Crippen LogP contribution in [-0.2, 0) is 14.3 Å². The quantitative estimate of drug-likeness (QED) is 0.737. The summed E-state index contributed by atoms with van der Waals surface area (Å²) in [6.45, 7) is 4.78. The van der Waals surface area contributed by atoms with Crippen molar-refractivity contribution in [3.8, 4) is 0 Å². The Balaban J connectivity index is 4.77. The zero-order valence-electron chi connectivity index (χ0n) is 9.90. The number of carbonyl (C=O) groups is 2. The zero-order chi connectivity index (χ0) is 12.2. The van der Waals surface area contributed by atoms with Gasteiger partial charge in [0.2, 0.25) is 0 Å². The summed E-state index contributed by atoms with van der Waals surface area (Å²) in [4.78, 5) is 23.9. The maximum absolute atomic E-state index is 11.8. The van der Waals surface area contributed by atoms with E-state index in [4.69, 9.17) is 9.84 Å². The molecule has 15 heavy (non-hydrogen) atoms. The lowest BCUT2D eigenvalue weighted by Gasteiger charge is -2.33. The fourth-order valence-corrected chi connectivity index (χ4v) is 1.08. The topological polar surface area (TPSA) is 66.8 Å². The highest BCUT2D eigenvalue weighted by Gasteiger charge is 2.37. The number of ether oxygens (including phenoxy) is 1. The Kier molecular flexibility index (Phi) is 4.74. The lowest BCUT2D eigenvalue weighted by atomic mass is 10.0. The van der Waals surface area contributed by atoms with E-state index in [9.17, 15) is 9.59 Å². The molecule has 0 fully saturated rings. The highest BCUT2D eigenvalue weighted by atomic mass is 16.5. The van der Waals surface area contributed by atoms with Gasteiger partial charge in [0.15, 0.2) is 0 Å². The molecule has 0 bridgehead atoms. The molecule has 0 aromatic heterocycles. The summed E-state index contributed by atoms with van der Waals surface area (Å²) >= 11 is 0. The summed E-state index contributed by atoms with van der Waals surface area (Å²) in [6.07, 6.45) is -0.0522. The molecule has 0 saturated heterocycles. The maximum Gasteiger partial charge on any atom is 0.329 e. The molecule has 1 unspecified atom stereocenters. The first kappa shape index (κ1) is 13.9. The Morgan fingerprint density at radius 2 is 1.93 bits per heavy atom. The molecule has 1 N–H and O–H groups in total. The predicted molar refractivity (Wildman–Crippen MR) is 55.6 cm³/mol. The molecule has 5 nitrogen and oxygen atoms in total. The van der Waals surface area contributed by atoms with E-state index in [1.807, 2.05) is 6.92 Å². The molecule has 0 aromatic carbocycles. The van der Waals surface area contributed by atoms with Crippen molar-refractivity contribution >= 4 is 11.9 Å². The highest BCUT2D eigenvalue weighted by Crippen LogP contribution is 2.15. The molecule has 0 spiro atoms. The van der Waals surface area contributed by atoms with Crippen molar-refractivity contribution in [2.24, 2.45) is 0 Å². The molecule has 88 valence electrons. The van der Waals surface area contributed by atoms with Gasteiger partial charge in [0.05, 0.1) is 0 Å². The van der Waals surface area contributed by atoms with Crippen LogP contribution in [0.25, 0.3) is 0 Å². The maximum atomic E-state index is 11.8. The molecular weight excluding hydrogens is 198 g/mol. The molecule has 0 rings (SSSR count). The van der Waals surface area contributed by atoms with Crippen LogP contribution in [0.3, 0.4) is 0 Å². The first-order valence-electron chi connectivity index (χ1n) is 4.82. The van der Waals surface area contributed by atoms with E-state index < -0.39 is 17.6 Å². The zero-order valence-corrected chi connectivity index (χ0v) is 9.90. The standard InChI is InChI=1S/C10H19NO4/c1-6-7(15-5)8(12)11(4)10(2,3)9(13)14/h7H,6H2,1-5H3,(H,13,14). The van der Waals surface area contributed by atoms with E-state index in [0.29, 0.717) is 6.42 Å². The molecular formula is C10H19NO4. The molecule has 0 aliphatic rings. The van der Waals surface area contributed by atoms with Crippen LogP contribution in [0.5, 0.6) is 0 Å². The third-order valence-electron chi connectivity index (χ3n) is 2.62. The van der Waals surface area contributed by atoms with Crippen LogP contribution in [0.15, 0.2) is 0 Å². The van der Waals surface area contributed by atoms with E-state index in [2.05, 4.69) is 0 Å². The van der Waals surface area contributed by atoms with Crippen LogP contribution in [-0.4, -0.2) is 47.7 Å². The van der Waals surface area contributed by atoms with Crippen molar-refractivity contribution in [2.75, 3.05) is 14.2 Å². The molecule has 5 heteroatoms. The minimum absolute atomic E-state index is 0.313. The molecule has 0 aliphatic carbocycles. The van der Waals surface area contributed by atoms with Gasteiger partial charge in [-0.15, -0.1) is 0 Å². The van der Waals surface area contributed by atoms with E-state index >= 15 is 0 Å². The smallest absolute Gasteiger partial charge is 0.329 e. The number of methoxy groups -OCH3 is 1. The first-order chi connectivity index (χ1) is 6.78. The second kappa shape index (κ2) is 5.11. The van der Waals surface area contributed by atoms with Gasteiger partial charge in [-0.25, -0.2) is 4.79 Å². The summed E-state index contributed by atoms with van der Waals surface area (Å²) in [5, 5.41) is 8.95. The van der Waals surface area contributed by atoms with Gasteiger partial charge in [-0.2, -0.15) is 0 Å². The van der Waals surface area contributed by atoms with E-state index in [0.717, 1.165) is 0 Å². The number of hydrogen-bond acceptors (Lipinski definition) is 3. The SMILES string of the molecule is CCC(OC)C(=O)N(C)C(C)(C)C(=O)O. The molecule has 1 atom stereocenters. The minimum atomic E-state index is -1.22. The van der Waals surface area contributed by atoms with Crippen molar-refractivity contribution in [3.63, 3.8) is 0 Å². The molecule has 0 heterocycles. The molecule has 0 aliphatic heterocycles. The predicted octanol–water partition coefficient (Wildman–Crippen LogP) is 0.733. The Hall–Kier alpha value is -1.10. The second-order valence-electron chi connectivity index (χ2n) is 3.89. The minimum Gasteiger partial charge on any atom is -0.480 e. The third-order valence-corrected chi connectivity index (χ3v) is 2.62. The van der Waals surface area contributed by atoms with Crippen LogP contribution < -0.4 is 0 Å². The number of carbonyl (C=O) groups excluding carboxylic acids is 1. The van der Waals surface area contributed by atoms with Gasteiger partial charge < -0.3 is 14.7 Å². The average Bonchev–Trinajstić information content (AvgIpc) is 2.17. The lowest BCUT2D eigenvalue weighted by molar-refractivity contribution is -0.159. The van der Waals surface area contributed by atoms with Crippen LogP contribution in [0.2, 0.25) is 0 Å². The van der Waals surface area contributed by atoms with Crippen LogP contribution in [0.1, 0.15) is 27.2 Å². The Morgan fingerprint density at radius 1 is 1.47 bits per heavy atom. The molecule has 0 aromatic rings. The van der Waals surface area contributed by atoms with Crippen molar-refractivity contribution in [2.45, 2.75) is 38.8 Å². The number of nitrogens with zero attached hydrogens (tertiary/aromatic N) is 1. The van der Waals surface area contributed by atoms with Crippen LogP contribution >= 0.6 is 0 Å². The number of carboxylic acid groups (broad SMARTS) is 1. The van der Waals surface area contributed by atoms with Crippen molar-refractivity contribution in [3.05, 3.63) is 0 Å². The summed E-state index contributed by atoms with van der Waals surface area (Å²) in [5.74, 6) is -1.35. The van der Waals surface area contributed by atoms with E-state index in [1.54, 1.807) is 0 Å². The van der Waals surface area contributed by atoms with Gasteiger partial charge in [-0.3, -0.25) is 4.79 Å².